The summed E-state index contributed by atoms with van der Waals surface area (Å²) in [6.07, 6.45) is 2.75. The molecule has 134 valence electrons. The molecule has 1 aliphatic rings. The van der Waals surface area contributed by atoms with Crippen LogP contribution in [0.2, 0.25) is 5.02 Å². The van der Waals surface area contributed by atoms with Crippen LogP contribution >= 0.6 is 23.4 Å². The summed E-state index contributed by atoms with van der Waals surface area (Å²) in [6.45, 7) is 5.44. The third kappa shape index (κ3) is 6.16. The Morgan fingerprint density at radius 3 is 2.79 bits per heavy atom. The Labute approximate surface area is 153 Å². The molecule has 1 saturated heterocycles. The number of halogens is 1. The van der Waals surface area contributed by atoms with Gasteiger partial charge in [0.15, 0.2) is 0 Å². The minimum Gasteiger partial charge on any atom is -0.369 e. The number of piperazine rings is 1. The lowest BCUT2D eigenvalue weighted by Gasteiger charge is -2.36. The molecule has 0 spiro atoms. The maximum absolute atomic E-state index is 11.9. The summed E-state index contributed by atoms with van der Waals surface area (Å²) in [4.78, 5) is 16.6. The van der Waals surface area contributed by atoms with E-state index in [0.717, 1.165) is 49.9 Å². The highest BCUT2D eigenvalue weighted by molar-refractivity contribution is 7.98. The minimum absolute atomic E-state index is 0.0402. The molecule has 1 atom stereocenters. The second-order valence-corrected chi connectivity index (χ2v) is 7.41. The topological polar surface area (TPSA) is 61.6 Å². The number of hydrogen-bond acceptors (Lipinski definition) is 5. The first-order valence-corrected chi connectivity index (χ1v) is 10.1. The highest BCUT2D eigenvalue weighted by atomic mass is 35.5. The van der Waals surface area contributed by atoms with Crippen molar-refractivity contribution >= 4 is 35.0 Å². The number of carbonyl (C=O) groups excluding carboxylic acids is 1. The molecule has 7 heteroatoms. The molecule has 0 unspecified atom stereocenters. The first-order chi connectivity index (χ1) is 11.6. The molecule has 0 aliphatic carbocycles. The zero-order chi connectivity index (χ0) is 17.4. The Morgan fingerprint density at radius 2 is 2.12 bits per heavy atom. The van der Waals surface area contributed by atoms with E-state index in [1.54, 1.807) is 11.8 Å². The first kappa shape index (κ1) is 19.4. The Hall–Kier alpha value is -0.950. The summed E-state index contributed by atoms with van der Waals surface area (Å²) in [7, 11) is 0. The van der Waals surface area contributed by atoms with Crippen molar-refractivity contribution in [2.45, 2.75) is 12.5 Å². The van der Waals surface area contributed by atoms with E-state index >= 15 is 0 Å². The predicted molar refractivity (Wildman–Crippen MR) is 104 cm³/mol. The van der Waals surface area contributed by atoms with E-state index in [-0.39, 0.29) is 5.91 Å². The molecular formula is C17H27ClN4OS. The van der Waals surface area contributed by atoms with Gasteiger partial charge in [-0.1, -0.05) is 17.7 Å². The molecule has 1 heterocycles. The van der Waals surface area contributed by atoms with Crippen LogP contribution in [0.25, 0.3) is 0 Å². The van der Waals surface area contributed by atoms with Gasteiger partial charge in [-0.15, -0.1) is 0 Å². The molecule has 2 rings (SSSR count). The van der Waals surface area contributed by atoms with E-state index in [4.69, 9.17) is 17.3 Å². The van der Waals surface area contributed by atoms with E-state index in [2.05, 4.69) is 21.2 Å². The van der Waals surface area contributed by atoms with Gasteiger partial charge >= 0.3 is 0 Å². The van der Waals surface area contributed by atoms with Gasteiger partial charge in [0.1, 0.15) is 0 Å². The number of benzene rings is 1. The van der Waals surface area contributed by atoms with Crippen LogP contribution in [0.1, 0.15) is 6.42 Å². The Balaban J connectivity index is 1.65. The summed E-state index contributed by atoms with van der Waals surface area (Å²) in [5, 5.41) is 3.72. The van der Waals surface area contributed by atoms with Crippen molar-refractivity contribution in [3.8, 4) is 0 Å². The maximum atomic E-state index is 11.9. The second-order valence-electron chi connectivity index (χ2n) is 5.99. The molecule has 1 aromatic carbocycles. The maximum Gasteiger partial charge on any atom is 0.236 e. The monoisotopic (exact) mass is 370 g/mol. The normalized spacial score (nSPS) is 16.9. The van der Waals surface area contributed by atoms with E-state index in [1.165, 1.54) is 5.69 Å². The van der Waals surface area contributed by atoms with Gasteiger partial charge in [0, 0.05) is 50.0 Å². The molecule has 1 aromatic rings. The lowest BCUT2D eigenvalue weighted by atomic mass is 10.2. The van der Waals surface area contributed by atoms with Gasteiger partial charge in [0.25, 0.3) is 0 Å². The molecule has 1 aliphatic heterocycles. The van der Waals surface area contributed by atoms with Gasteiger partial charge < -0.3 is 16.0 Å². The number of carbonyl (C=O) groups is 1. The van der Waals surface area contributed by atoms with Crippen molar-refractivity contribution < 1.29 is 4.79 Å². The minimum atomic E-state index is -0.392. The van der Waals surface area contributed by atoms with Crippen LogP contribution < -0.4 is 16.0 Å². The number of hydrogen-bond donors (Lipinski definition) is 2. The fourth-order valence-electron chi connectivity index (χ4n) is 2.75. The Morgan fingerprint density at radius 1 is 1.38 bits per heavy atom. The van der Waals surface area contributed by atoms with Gasteiger partial charge in [-0.05, 0) is 36.6 Å². The number of nitrogens with zero attached hydrogens (tertiary/aromatic N) is 2. The number of nitrogens with two attached hydrogens (primary N) is 1. The lowest BCUT2D eigenvalue weighted by Crippen LogP contribution is -2.49. The van der Waals surface area contributed by atoms with Crippen LogP contribution in [0, 0.1) is 0 Å². The van der Waals surface area contributed by atoms with Crippen molar-refractivity contribution in [1.82, 2.24) is 10.2 Å². The molecule has 3 N–H and O–H groups in total. The highest BCUT2D eigenvalue weighted by Crippen LogP contribution is 2.20. The molecule has 5 nitrogen and oxygen atoms in total. The van der Waals surface area contributed by atoms with Crippen LogP contribution in [0.5, 0.6) is 0 Å². The average molecular weight is 371 g/mol. The number of amides is 1. The number of nitrogens with one attached hydrogen (secondary N) is 1. The molecule has 24 heavy (non-hydrogen) atoms. The number of anilines is 1. The largest absolute Gasteiger partial charge is 0.369 e. The van der Waals surface area contributed by atoms with Gasteiger partial charge in [-0.2, -0.15) is 11.8 Å². The summed E-state index contributed by atoms with van der Waals surface area (Å²) < 4.78 is 0. The van der Waals surface area contributed by atoms with Crippen molar-refractivity contribution in [2.75, 3.05) is 56.2 Å². The molecule has 0 aromatic heterocycles. The van der Waals surface area contributed by atoms with Crippen LogP contribution in [-0.2, 0) is 4.79 Å². The zero-order valence-corrected chi connectivity index (χ0v) is 15.8. The Kier molecular flexibility index (Phi) is 8.18. The van der Waals surface area contributed by atoms with Crippen molar-refractivity contribution in [2.24, 2.45) is 5.73 Å². The van der Waals surface area contributed by atoms with Crippen LogP contribution in [-0.4, -0.2) is 68.1 Å². The van der Waals surface area contributed by atoms with E-state index < -0.39 is 6.04 Å². The quantitative estimate of drug-likeness (QED) is 0.728. The molecule has 0 saturated carbocycles. The SMILES string of the molecule is CSCC[C@H](N)C(=O)NCCN1CCN(c2cccc(Cl)c2)CC1. The highest BCUT2D eigenvalue weighted by Gasteiger charge is 2.18. The molecular weight excluding hydrogens is 344 g/mol. The fourth-order valence-corrected chi connectivity index (χ4v) is 3.42. The van der Waals surface area contributed by atoms with Gasteiger partial charge in [-0.25, -0.2) is 0 Å². The van der Waals surface area contributed by atoms with Crippen LogP contribution in [0.3, 0.4) is 0 Å². The zero-order valence-electron chi connectivity index (χ0n) is 14.2. The second kappa shape index (κ2) is 10.1. The molecule has 1 amide bonds. The molecule has 0 radical (unpaired) electrons. The molecule has 1 fully saturated rings. The average Bonchev–Trinajstić information content (AvgIpc) is 2.60. The van der Waals surface area contributed by atoms with Crippen LogP contribution in [0.15, 0.2) is 24.3 Å². The fraction of sp³-hybridized carbons (Fsp3) is 0.588. The van der Waals surface area contributed by atoms with Crippen molar-refractivity contribution in [3.63, 3.8) is 0 Å². The van der Waals surface area contributed by atoms with E-state index in [1.807, 2.05) is 24.5 Å². The third-order valence-corrected chi connectivity index (χ3v) is 5.12. The van der Waals surface area contributed by atoms with Crippen LogP contribution in [0.4, 0.5) is 5.69 Å². The summed E-state index contributed by atoms with van der Waals surface area (Å²) in [5.41, 5.74) is 7.04. The summed E-state index contributed by atoms with van der Waals surface area (Å²) in [5.74, 6) is 0.877. The summed E-state index contributed by atoms with van der Waals surface area (Å²) >= 11 is 7.77. The lowest BCUT2D eigenvalue weighted by molar-refractivity contribution is -0.122. The van der Waals surface area contributed by atoms with Gasteiger partial charge in [0.05, 0.1) is 6.04 Å². The van der Waals surface area contributed by atoms with Gasteiger partial charge in [0.2, 0.25) is 5.91 Å². The van der Waals surface area contributed by atoms with E-state index in [9.17, 15) is 4.79 Å². The smallest absolute Gasteiger partial charge is 0.236 e. The van der Waals surface area contributed by atoms with Crippen molar-refractivity contribution in [1.29, 1.82) is 0 Å². The number of rotatable bonds is 8. The third-order valence-electron chi connectivity index (χ3n) is 4.24. The summed E-state index contributed by atoms with van der Waals surface area (Å²) in [6, 6.07) is 7.59. The standard InChI is InChI=1S/C17H27ClN4OS/c1-24-12-5-16(19)17(23)20-6-7-21-8-10-22(11-9-21)15-4-2-3-14(18)13-15/h2-4,13,16H,5-12,19H2,1H3,(H,20,23)/t16-/m0/s1. The first-order valence-electron chi connectivity index (χ1n) is 8.35. The molecule has 0 bridgehead atoms. The predicted octanol–water partition coefficient (Wildman–Crippen LogP) is 1.66. The van der Waals surface area contributed by atoms with E-state index in [0.29, 0.717) is 6.54 Å². The number of thioether (sulfide) groups is 1. The Bertz CT molecular complexity index is 523. The van der Waals surface area contributed by atoms with Gasteiger partial charge in [-0.3, -0.25) is 9.69 Å². The van der Waals surface area contributed by atoms with Crippen molar-refractivity contribution in [3.05, 3.63) is 29.3 Å².